The Balaban J connectivity index is 1.59. The number of anilines is 1. The van der Waals surface area contributed by atoms with Crippen LogP contribution in [0.15, 0.2) is 65.2 Å². The van der Waals surface area contributed by atoms with E-state index in [4.69, 9.17) is 9.26 Å². The average molecular weight is 359 g/mol. The SMILES string of the molecule is COc1ccc(-c2cc(C(=O)Nc3cccc4ccc(C)nc34)no2)cc1. The molecule has 6 heteroatoms. The van der Waals surface area contributed by atoms with E-state index in [1.165, 1.54) is 0 Å². The maximum absolute atomic E-state index is 12.6. The van der Waals surface area contributed by atoms with Gasteiger partial charge >= 0.3 is 0 Å². The number of ether oxygens (including phenoxy) is 1. The fraction of sp³-hybridized carbons (Fsp3) is 0.0952. The molecule has 2 aromatic carbocycles. The van der Waals surface area contributed by atoms with Crippen LogP contribution in [0.1, 0.15) is 16.2 Å². The number of methoxy groups -OCH3 is 1. The number of hydrogen-bond donors (Lipinski definition) is 1. The van der Waals surface area contributed by atoms with Crippen molar-refractivity contribution in [3.05, 3.63) is 72.1 Å². The van der Waals surface area contributed by atoms with Gasteiger partial charge in [0.05, 0.1) is 18.3 Å². The number of hydrogen-bond acceptors (Lipinski definition) is 5. The number of benzene rings is 2. The fourth-order valence-electron chi connectivity index (χ4n) is 2.81. The number of fused-ring (bicyclic) bond motifs is 1. The van der Waals surface area contributed by atoms with E-state index in [2.05, 4.69) is 15.5 Å². The smallest absolute Gasteiger partial charge is 0.277 e. The van der Waals surface area contributed by atoms with Gasteiger partial charge in [0.25, 0.3) is 5.91 Å². The average Bonchev–Trinajstić information content (AvgIpc) is 3.19. The summed E-state index contributed by atoms with van der Waals surface area (Å²) in [6, 6.07) is 18.5. The first-order valence-electron chi connectivity index (χ1n) is 8.43. The Hall–Kier alpha value is -3.67. The quantitative estimate of drug-likeness (QED) is 0.582. The van der Waals surface area contributed by atoms with Crippen molar-refractivity contribution in [3.8, 4) is 17.1 Å². The number of carbonyl (C=O) groups is 1. The molecule has 27 heavy (non-hydrogen) atoms. The molecule has 0 atom stereocenters. The molecule has 2 heterocycles. The lowest BCUT2D eigenvalue weighted by Gasteiger charge is -2.07. The van der Waals surface area contributed by atoms with E-state index >= 15 is 0 Å². The van der Waals surface area contributed by atoms with E-state index in [0.717, 1.165) is 27.9 Å². The van der Waals surface area contributed by atoms with Crippen molar-refractivity contribution < 1.29 is 14.1 Å². The van der Waals surface area contributed by atoms with Crippen molar-refractivity contribution >= 4 is 22.5 Å². The van der Waals surface area contributed by atoms with Gasteiger partial charge in [-0.25, -0.2) is 0 Å². The molecule has 0 radical (unpaired) electrons. The van der Waals surface area contributed by atoms with Gasteiger partial charge in [0.2, 0.25) is 0 Å². The predicted molar refractivity (Wildman–Crippen MR) is 103 cm³/mol. The lowest BCUT2D eigenvalue weighted by Crippen LogP contribution is -2.12. The molecule has 0 fully saturated rings. The van der Waals surface area contributed by atoms with E-state index in [-0.39, 0.29) is 11.6 Å². The van der Waals surface area contributed by atoms with E-state index < -0.39 is 0 Å². The third kappa shape index (κ3) is 3.37. The Morgan fingerprint density at radius 1 is 1.07 bits per heavy atom. The first kappa shape index (κ1) is 16.8. The van der Waals surface area contributed by atoms with Crippen molar-refractivity contribution in [2.24, 2.45) is 0 Å². The summed E-state index contributed by atoms with van der Waals surface area (Å²) in [5, 5.41) is 7.71. The number of amides is 1. The number of para-hydroxylation sites is 1. The van der Waals surface area contributed by atoms with Crippen molar-refractivity contribution in [2.75, 3.05) is 12.4 Å². The number of carbonyl (C=O) groups excluding carboxylic acids is 1. The summed E-state index contributed by atoms with van der Waals surface area (Å²) in [4.78, 5) is 17.1. The van der Waals surface area contributed by atoms with Gasteiger partial charge in [0.1, 0.15) is 5.75 Å². The van der Waals surface area contributed by atoms with Crippen LogP contribution in [0.2, 0.25) is 0 Å². The third-order valence-corrected chi connectivity index (χ3v) is 4.23. The van der Waals surface area contributed by atoms with Gasteiger partial charge in [-0.2, -0.15) is 0 Å². The Morgan fingerprint density at radius 3 is 2.67 bits per heavy atom. The largest absolute Gasteiger partial charge is 0.497 e. The van der Waals surface area contributed by atoms with Gasteiger partial charge in [-0.3, -0.25) is 9.78 Å². The van der Waals surface area contributed by atoms with Crippen LogP contribution in [0.4, 0.5) is 5.69 Å². The van der Waals surface area contributed by atoms with Crippen LogP contribution in [0.3, 0.4) is 0 Å². The summed E-state index contributed by atoms with van der Waals surface area (Å²) in [6.07, 6.45) is 0. The molecule has 134 valence electrons. The summed E-state index contributed by atoms with van der Waals surface area (Å²) in [7, 11) is 1.61. The molecule has 6 nitrogen and oxygen atoms in total. The Kier molecular flexibility index (Phi) is 4.30. The second kappa shape index (κ2) is 6.92. The summed E-state index contributed by atoms with van der Waals surface area (Å²) >= 11 is 0. The minimum Gasteiger partial charge on any atom is -0.497 e. The molecule has 0 bridgehead atoms. The second-order valence-corrected chi connectivity index (χ2v) is 6.09. The molecule has 0 aliphatic carbocycles. The number of nitrogens with zero attached hydrogens (tertiary/aromatic N) is 2. The number of aromatic nitrogens is 2. The molecule has 0 unspecified atom stereocenters. The van der Waals surface area contributed by atoms with Gasteiger partial charge in [-0.15, -0.1) is 0 Å². The molecule has 0 aliphatic heterocycles. The highest BCUT2D eigenvalue weighted by Gasteiger charge is 2.15. The highest BCUT2D eigenvalue weighted by molar-refractivity contribution is 6.07. The summed E-state index contributed by atoms with van der Waals surface area (Å²) in [5.41, 5.74) is 3.27. The first-order chi connectivity index (χ1) is 13.1. The zero-order valence-electron chi connectivity index (χ0n) is 14.9. The molecule has 1 amide bonds. The number of nitrogens with one attached hydrogen (secondary N) is 1. The fourth-order valence-corrected chi connectivity index (χ4v) is 2.81. The third-order valence-electron chi connectivity index (χ3n) is 4.23. The molecule has 0 saturated heterocycles. The molecule has 0 saturated carbocycles. The molecular formula is C21H17N3O3. The lowest BCUT2D eigenvalue weighted by molar-refractivity contribution is 0.101. The van der Waals surface area contributed by atoms with Crippen LogP contribution in [0.25, 0.3) is 22.2 Å². The van der Waals surface area contributed by atoms with E-state index in [1.54, 1.807) is 13.2 Å². The topological polar surface area (TPSA) is 77.2 Å². The van der Waals surface area contributed by atoms with Crippen molar-refractivity contribution in [1.29, 1.82) is 0 Å². The molecule has 4 aromatic rings. The first-order valence-corrected chi connectivity index (χ1v) is 8.43. The van der Waals surface area contributed by atoms with Crippen LogP contribution in [0.5, 0.6) is 5.75 Å². The summed E-state index contributed by atoms with van der Waals surface area (Å²) in [5.74, 6) is 0.902. The Labute approximate surface area is 155 Å². The summed E-state index contributed by atoms with van der Waals surface area (Å²) in [6.45, 7) is 1.91. The molecule has 1 N–H and O–H groups in total. The normalized spacial score (nSPS) is 10.7. The van der Waals surface area contributed by atoms with Gasteiger partial charge in [0.15, 0.2) is 11.5 Å². The van der Waals surface area contributed by atoms with Gasteiger partial charge < -0.3 is 14.6 Å². The highest BCUT2D eigenvalue weighted by atomic mass is 16.5. The molecule has 0 aliphatic rings. The van der Waals surface area contributed by atoms with Gasteiger partial charge in [0, 0.05) is 22.7 Å². The van der Waals surface area contributed by atoms with Crippen LogP contribution < -0.4 is 10.1 Å². The Morgan fingerprint density at radius 2 is 1.89 bits per heavy atom. The molecule has 0 spiro atoms. The predicted octanol–water partition coefficient (Wildman–Crippen LogP) is 4.46. The monoisotopic (exact) mass is 359 g/mol. The lowest BCUT2D eigenvalue weighted by atomic mass is 10.1. The number of rotatable bonds is 4. The highest BCUT2D eigenvalue weighted by Crippen LogP contribution is 2.25. The van der Waals surface area contributed by atoms with Gasteiger partial charge in [-0.1, -0.05) is 23.4 Å². The molecule has 4 rings (SSSR count). The van der Waals surface area contributed by atoms with Gasteiger partial charge in [-0.05, 0) is 43.3 Å². The Bertz CT molecular complexity index is 1120. The van der Waals surface area contributed by atoms with E-state index in [1.807, 2.05) is 61.5 Å². The van der Waals surface area contributed by atoms with Crippen molar-refractivity contribution in [3.63, 3.8) is 0 Å². The van der Waals surface area contributed by atoms with Crippen LogP contribution in [-0.4, -0.2) is 23.2 Å². The minimum absolute atomic E-state index is 0.200. The van der Waals surface area contributed by atoms with Crippen LogP contribution in [0, 0.1) is 6.92 Å². The zero-order valence-corrected chi connectivity index (χ0v) is 14.9. The minimum atomic E-state index is -0.352. The van der Waals surface area contributed by atoms with Crippen molar-refractivity contribution in [2.45, 2.75) is 6.92 Å². The van der Waals surface area contributed by atoms with Crippen molar-refractivity contribution in [1.82, 2.24) is 10.1 Å². The maximum atomic E-state index is 12.6. The number of pyridine rings is 1. The second-order valence-electron chi connectivity index (χ2n) is 6.09. The zero-order chi connectivity index (χ0) is 18.8. The van der Waals surface area contributed by atoms with E-state index in [0.29, 0.717) is 11.4 Å². The van der Waals surface area contributed by atoms with Crippen LogP contribution >= 0.6 is 0 Å². The molecule has 2 aromatic heterocycles. The molecular weight excluding hydrogens is 342 g/mol. The standard InChI is InChI=1S/C21H17N3O3/c1-13-6-7-15-4-3-5-17(20(15)22-13)23-21(25)18-12-19(27-24-18)14-8-10-16(26-2)11-9-14/h3-12H,1-2H3,(H,23,25). The van der Waals surface area contributed by atoms with E-state index in [9.17, 15) is 4.79 Å². The summed E-state index contributed by atoms with van der Waals surface area (Å²) < 4.78 is 10.5. The maximum Gasteiger partial charge on any atom is 0.277 e. The number of aryl methyl sites for hydroxylation is 1. The van der Waals surface area contributed by atoms with Crippen LogP contribution in [-0.2, 0) is 0 Å².